The molecule has 3 aromatic rings. The van der Waals surface area contributed by atoms with Gasteiger partial charge in [0.2, 0.25) is 0 Å². The van der Waals surface area contributed by atoms with Gasteiger partial charge < -0.3 is 15.2 Å². The Balaban J connectivity index is 0.00000408. The van der Waals surface area contributed by atoms with E-state index >= 15 is 0 Å². The molecule has 0 amide bonds. The molecule has 0 saturated heterocycles. The number of nitrogens with one attached hydrogen (secondary N) is 1. The summed E-state index contributed by atoms with van der Waals surface area (Å²) in [5, 5.41) is 12.9. The molecule has 3 rings (SSSR count). The average Bonchev–Trinajstić information content (AvgIpc) is 2.80. The first-order chi connectivity index (χ1) is 15.9. The molecule has 1 heterocycles. The summed E-state index contributed by atoms with van der Waals surface area (Å²) in [7, 11) is 0. The Bertz CT molecular complexity index is 1050. The molecule has 2 aromatic carbocycles. The first-order valence-corrected chi connectivity index (χ1v) is 11.1. The van der Waals surface area contributed by atoms with E-state index < -0.39 is 11.9 Å². The van der Waals surface area contributed by atoms with E-state index in [0.29, 0.717) is 18.6 Å². The lowest BCUT2D eigenvalue weighted by Crippen LogP contribution is -2.21. The Kier molecular flexibility index (Phi) is 10.6. The Morgan fingerprint density at radius 2 is 1.71 bits per heavy atom. The number of carbonyl (C=O) groups excluding carboxylic acids is 1. The maximum atomic E-state index is 12.8. The fourth-order valence-corrected chi connectivity index (χ4v) is 3.78. The molecular formula is C27H32N2O4S. The van der Waals surface area contributed by atoms with E-state index in [2.05, 4.69) is 10.3 Å². The number of pyridine rings is 1. The zero-order valence-electron chi connectivity index (χ0n) is 19.6. The largest absolute Gasteiger partial charge is 0.494 e. The molecule has 0 unspecified atom stereocenters. The summed E-state index contributed by atoms with van der Waals surface area (Å²) in [6.07, 6.45) is 2.83. The predicted molar refractivity (Wildman–Crippen MR) is 139 cm³/mol. The average molecular weight is 481 g/mol. The van der Waals surface area contributed by atoms with Crippen molar-refractivity contribution >= 4 is 31.1 Å². The molecule has 2 N–H and O–H groups in total. The third-order valence-corrected chi connectivity index (χ3v) is 5.51. The Labute approximate surface area is 207 Å². The molecule has 0 radical (unpaired) electrons. The number of benzene rings is 2. The van der Waals surface area contributed by atoms with Crippen molar-refractivity contribution in [3.8, 4) is 5.75 Å². The SMILES string of the molecule is Cc1cccc(C)c1C(=O)C[C@@H](Cc1ccc(OCCCNc2ccccn2)cc1)C(=O)O.S. The van der Waals surface area contributed by atoms with E-state index in [1.165, 1.54) is 0 Å². The molecule has 0 aliphatic heterocycles. The van der Waals surface area contributed by atoms with E-state index in [4.69, 9.17) is 4.74 Å². The molecule has 0 fully saturated rings. The number of carboxylic acids is 1. The summed E-state index contributed by atoms with van der Waals surface area (Å²) in [4.78, 5) is 28.8. The first-order valence-electron chi connectivity index (χ1n) is 11.1. The summed E-state index contributed by atoms with van der Waals surface area (Å²) in [6, 6.07) is 18.8. The van der Waals surface area contributed by atoms with Crippen molar-refractivity contribution in [2.24, 2.45) is 5.92 Å². The number of aromatic nitrogens is 1. The van der Waals surface area contributed by atoms with Crippen LogP contribution in [0.3, 0.4) is 0 Å². The molecular weight excluding hydrogens is 448 g/mol. The van der Waals surface area contributed by atoms with Crippen LogP contribution in [0.25, 0.3) is 0 Å². The number of Topliss-reactive ketones (excluding diaryl/α,β-unsaturated/α-hetero) is 1. The summed E-state index contributed by atoms with van der Waals surface area (Å²) in [5.74, 6) is -0.297. The third kappa shape index (κ3) is 7.92. The molecule has 0 bridgehead atoms. The maximum Gasteiger partial charge on any atom is 0.307 e. The van der Waals surface area contributed by atoms with Crippen molar-refractivity contribution in [1.29, 1.82) is 0 Å². The van der Waals surface area contributed by atoms with Gasteiger partial charge in [-0.1, -0.05) is 36.4 Å². The van der Waals surface area contributed by atoms with E-state index in [1.54, 1.807) is 6.20 Å². The smallest absolute Gasteiger partial charge is 0.307 e. The van der Waals surface area contributed by atoms with Crippen molar-refractivity contribution in [3.05, 3.63) is 89.1 Å². The van der Waals surface area contributed by atoms with Crippen LogP contribution in [-0.2, 0) is 11.2 Å². The van der Waals surface area contributed by atoms with Gasteiger partial charge in [0.15, 0.2) is 5.78 Å². The van der Waals surface area contributed by atoms with Gasteiger partial charge in [-0.05, 0) is 67.6 Å². The number of hydrogen-bond donors (Lipinski definition) is 2. The number of ether oxygens (including phenoxy) is 1. The highest BCUT2D eigenvalue weighted by molar-refractivity contribution is 7.59. The van der Waals surface area contributed by atoms with Crippen LogP contribution in [0.2, 0.25) is 0 Å². The number of carboxylic acid groups (broad SMARTS) is 1. The Morgan fingerprint density at radius 1 is 1.00 bits per heavy atom. The monoisotopic (exact) mass is 480 g/mol. The van der Waals surface area contributed by atoms with Crippen LogP contribution < -0.4 is 10.1 Å². The van der Waals surface area contributed by atoms with Gasteiger partial charge in [-0.25, -0.2) is 4.98 Å². The van der Waals surface area contributed by atoms with Gasteiger partial charge in [0.25, 0.3) is 0 Å². The third-order valence-electron chi connectivity index (χ3n) is 5.51. The second-order valence-corrected chi connectivity index (χ2v) is 8.12. The molecule has 180 valence electrons. The predicted octanol–water partition coefficient (Wildman–Crippen LogP) is 5.21. The van der Waals surface area contributed by atoms with Crippen LogP contribution in [0, 0.1) is 19.8 Å². The van der Waals surface area contributed by atoms with Gasteiger partial charge in [-0.15, -0.1) is 0 Å². The van der Waals surface area contributed by atoms with Crippen LogP contribution in [0.15, 0.2) is 66.9 Å². The highest BCUT2D eigenvalue weighted by atomic mass is 32.1. The van der Waals surface area contributed by atoms with Crippen LogP contribution >= 0.6 is 13.5 Å². The number of nitrogens with zero attached hydrogens (tertiary/aromatic N) is 1. The molecule has 0 saturated carbocycles. The second-order valence-electron chi connectivity index (χ2n) is 8.12. The highest BCUT2D eigenvalue weighted by Gasteiger charge is 2.24. The zero-order valence-corrected chi connectivity index (χ0v) is 20.6. The summed E-state index contributed by atoms with van der Waals surface area (Å²) >= 11 is 0. The molecule has 34 heavy (non-hydrogen) atoms. The molecule has 0 aliphatic carbocycles. The van der Waals surface area contributed by atoms with Gasteiger partial charge >= 0.3 is 5.97 Å². The number of rotatable bonds is 12. The highest BCUT2D eigenvalue weighted by Crippen LogP contribution is 2.22. The summed E-state index contributed by atoms with van der Waals surface area (Å²) < 4.78 is 5.77. The minimum absolute atomic E-state index is 0. The van der Waals surface area contributed by atoms with Gasteiger partial charge in [0.1, 0.15) is 11.6 Å². The first kappa shape index (κ1) is 26.9. The lowest BCUT2D eigenvalue weighted by atomic mass is 9.89. The van der Waals surface area contributed by atoms with Gasteiger partial charge in [-0.2, -0.15) is 13.5 Å². The van der Waals surface area contributed by atoms with Crippen molar-refractivity contribution < 1.29 is 19.4 Å². The molecule has 1 aromatic heterocycles. The molecule has 1 atom stereocenters. The van der Waals surface area contributed by atoms with E-state index in [9.17, 15) is 14.7 Å². The maximum absolute atomic E-state index is 12.8. The minimum atomic E-state index is -0.963. The number of ketones is 1. The van der Waals surface area contributed by atoms with E-state index in [0.717, 1.165) is 41.2 Å². The van der Waals surface area contributed by atoms with Crippen LogP contribution in [0.5, 0.6) is 5.75 Å². The van der Waals surface area contributed by atoms with Crippen molar-refractivity contribution in [2.45, 2.75) is 33.1 Å². The molecule has 0 spiro atoms. The Hall–Kier alpha value is -3.32. The van der Waals surface area contributed by atoms with Crippen LogP contribution in [0.4, 0.5) is 5.82 Å². The standard InChI is InChI=1S/C27H30N2O4.H2S/c1-19-7-5-8-20(2)26(19)24(30)18-22(27(31)32)17-21-10-12-23(13-11-21)33-16-6-15-29-25-9-3-4-14-28-25;/h3-5,7-14,22H,6,15-18H2,1-2H3,(H,28,29)(H,31,32);1H2/t22-;/m1./s1. The lowest BCUT2D eigenvalue weighted by molar-refractivity contribution is -0.141. The summed E-state index contributed by atoms with van der Waals surface area (Å²) in [5.41, 5.74) is 3.24. The van der Waals surface area contributed by atoms with Crippen LogP contribution in [0.1, 0.15) is 39.9 Å². The summed E-state index contributed by atoms with van der Waals surface area (Å²) in [6.45, 7) is 5.07. The molecule has 7 heteroatoms. The number of carbonyl (C=O) groups is 2. The quantitative estimate of drug-likeness (QED) is 0.273. The van der Waals surface area contributed by atoms with Crippen molar-refractivity contribution in [3.63, 3.8) is 0 Å². The van der Waals surface area contributed by atoms with Gasteiger partial charge in [0.05, 0.1) is 12.5 Å². The van der Waals surface area contributed by atoms with E-state index in [-0.39, 0.29) is 25.7 Å². The van der Waals surface area contributed by atoms with Gasteiger partial charge in [0, 0.05) is 24.7 Å². The lowest BCUT2D eigenvalue weighted by Gasteiger charge is -2.14. The zero-order chi connectivity index (χ0) is 23.6. The number of anilines is 1. The number of aryl methyl sites for hydroxylation is 2. The van der Waals surface area contributed by atoms with Crippen molar-refractivity contribution in [1.82, 2.24) is 4.98 Å². The van der Waals surface area contributed by atoms with Gasteiger partial charge in [-0.3, -0.25) is 9.59 Å². The number of aliphatic carboxylic acids is 1. The second kappa shape index (κ2) is 13.4. The topological polar surface area (TPSA) is 88.5 Å². The fourth-order valence-electron chi connectivity index (χ4n) is 3.78. The van der Waals surface area contributed by atoms with Crippen LogP contribution in [-0.4, -0.2) is 35.0 Å². The van der Waals surface area contributed by atoms with E-state index in [1.807, 2.05) is 74.5 Å². The fraction of sp³-hybridized carbons (Fsp3) is 0.296. The minimum Gasteiger partial charge on any atom is -0.494 e. The van der Waals surface area contributed by atoms with Crippen molar-refractivity contribution in [2.75, 3.05) is 18.5 Å². The molecule has 0 aliphatic rings. The number of hydrogen-bond acceptors (Lipinski definition) is 5. The Morgan fingerprint density at radius 3 is 2.32 bits per heavy atom. The molecule has 6 nitrogen and oxygen atoms in total. The normalized spacial score (nSPS) is 11.2.